The van der Waals surface area contributed by atoms with Gasteiger partial charge in [-0.3, -0.25) is 0 Å². The maximum absolute atomic E-state index is 17.0. The highest BCUT2D eigenvalue weighted by molar-refractivity contribution is 6.52. The summed E-state index contributed by atoms with van der Waals surface area (Å²) in [6.07, 6.45) is 0. The fourth-order valence-electron chi connectivity index (χ4n) is 5.23. The first-order valence-corrected chi connectivity index (χ1v) is 12.8. The Bertz CT molecular complexity index is 2390. The lowest BCUT2D eigenvalue weighted by Gasteiger charge is -2.29. The first-order valence-electron chi connectivity index (χ1n) is 12.8. The van der Waals surface area contributed by atoms with E-state index >= 15 is 26.3 Å². The zero-order valence-electron chi connectivity index (χ0n) is 22.9. The van der Waals surface area contributed by atoms with Crippen molar-refractivity contribution in [2.45, 2.75) is 5.57 Å². The molecule has 0 saturated carbocycles. The van der Waals surface area contributed by atoms with Gasteiger partial charge in [-0.15, -0.1) is 0 Å². The molecule has 0 heterocycles. The van der Waals surface area contributed by atoms with Crippen LogP contribution < -0.4 is 9.31 Å². The van der Waals surface area contributed by atoms with Gasteiger partial charge in [0.15, 0.2) is 87.2 Å². The van der Waals surface area contributed by atoms with Crippen LogP contribution in [0, 0.1) is 87.3 Å². The van der Waals surface area contributed by atoms with E-state index < -0.39 is 156 Å². The van der Waals surface area contributed by atoms with Crippen molar-refractivity contribution < 1.29 is 88.3 Å². The highest BCUT2D eigenvalue weighted by Gasteiger charge is 2.66. The SMILES string of the molecule is FC1=C(F)C(F)(B(Oc2c(F)c(F)c(F)c3c(F)cccc23)Oc2c(F)c(F)c(F)c3c(F)c(F)c(F)c(F)c23)c2c(F)c(F)c(F)c(F)c21. The second-order valence-corrected chi connectivity index (χ2v) is 10.1. The zero-order valence-corrected chi connectivity index (χ0v) is 22.9. The first-order chi connectivity index (χ1) is 23.3. The third-order valence-corrected chi connectivity index (χ3v) is 7.50. The molecule has 1 aliphatic carbocycles. The topological polar surface area (TPSA) is 18.5 Å². The Morgan fingerprint density at radius 3 is 1.46 bits per heavy atom. The molecule has 0 aromatic heterocycles. The summed E-state index contributed by atoms with van der Waals surface area (Å²) in [5.74, 6) is -53.0. The van der Waals surface area contributed by atoms with E-state index in [-0.39, 0.29) is 0 Å². The van der Waals surface area contributed by atoms with Crippen molar-refractivity contribution in [2.75, 3.05) is 0 Å². The molecular weight excluding hydrogens is 733 g/mol. The minimum atomic E-state index is -5.37. The maximum atomic E-state index is 17.0. The van der Waals surface area contributed by atoms with E-state index in [9.17, 15) is 52.7 Å². The number of fused-ring (bicyclic) bond motifs is 3. The molecule has 21 heteroatoms. The smallest absolute Gasteiger partial charge is 0.521 e. The van der Waals surface area contributed by atoms with Crippen molar-refractivity contribution in [3.05, 3.63) is 122 Å². The van der Waals surface area contributed by atoms with Crippen molar-refractivity contribution in [2.24, 2.45) is 0 Å². The summed E-state index contributed by atoms with van der Waals surface area (Å²) in [6, 6.07) is 1.40. The van der Waals surface area contributed by atoms with Crippen LogP contribution in [0.15, 0.2) is 24.0 Å². The van der Waals surface area contributed by atoms with Gasteiger partial charge in [-0.25, -0.2) is 70.2 Å². The van der Waals surface area contributed by atoms with E-state index in [1.54, 1.807) is 0 Å². The Kier molecular flexibility index (Phi) is 7.90. The normalized spacial score (nSPS) is 15.8. The van der Waals surface area contributed by atoms with Gasteiger partial charge >= 0.3 is 7.12 Å². The van der Waals surface area contributed by atoms with Crippen LogP contribution in [0.25, 0.3) is 27.4 Å². The second-order valence-electron chi connectivity index (χ2n) is 10.1. The quantitative estimate of drug-likeness (QED) is 0.0775. The Labute approximate surface area is 262 Å². The maximum Gasteiger partial charge on any atom is 0.647 e. The standard InChI is InChI=1S/C29H3BF18O2/c31-5-3-1-2-4-6(5)11(32)21(42)24(45)26(4)49-30(29(48)10-9(16(37)28(29)47)15(36)20(41)23(44)17(10)38)50-27-8-7(13(34)22(43)25(27)46)12(33)18(39)19(40)14(8)35/h1-3H. The molecule has 0 radical (unpaired) electrons. The summed E-state index contributed by atoms with van der Waals surface area (Å²) in [7, 11) is -4.31. The Balaban J connectivity index is 1.75. The van der Waals surface area contributed by atoms with Crippen LogP contribution in [0.2, 0.25) is 0 Å². The van der Waals surface area contributed by atoms with Gasteiger partial charge in [-0.1, -0.05) is 12.1 Å². The van der Waals surface area contributed by atoms with E-state index in [0.717, 1.165) is 0 Å². The molecule has 0 bridgehead atoms. The first kappa shape index (κ1) is 34.6. The Morgan fingerprint density at radius 2 is 0.880 bits per heavy atom. The summed E-state index contributed by atoms with van der Waals surface area (Å²) in [5.41, 5.74) is -10.5. The molecule has 50 heavy (non-hydrogen) atoms. The number of halogens is 18. The van der Waals surface area contributed by atoms with Crippen LogP contribution in [-0.4, -0.2) is 7.12 Å². The lowest BCUT2D eigenvalue weighted by molar-refractivity contribution is 0.205. The minimum absolute atomic E-state index is 0.394. The van der Waals surface area contributed by atoms with Crippen molar-refractivity contribution in [1.82, 2.24) is 0 Å². The van der Waals surface area contributed by atoms with E-state index in [0.29, 0.717) is 18.2 Å². The lowest BCUT2D eigenvalue weighted by Crippen LogP contribution is -2.50. The predicted molar refractivity (Wildman–Crippen MR) is 133 cm³/mol. The molecule has 5 aromatic rings. The summed E-state index contributed by atoms with van der Waals surface area (Å²) < 4.78 is 275. The lowest BCUT2D eigenvalue weighted by atomic mass is 9.64. The molecule has 0 spiro atoms. The molecule has 1 unspecified atom stereocenters. The van der Waals surface area contributed by atoms with Crippen LogP contribution in [0.3, 0.4) is 0 Å². The summed E-state index contributed by atoms with van der Waals surface area (Å²) in [4.78, 5) is 0. The molecule has 1 atom stereocenters. The summed E-state index contributed by atoms with van der Waals surface area (Å²) in [5, 5.41) is -7.77. The number of rotatable bonds is 5. The van der Waals surface area contributed by atoms with Crippen LogP contribution >= 0.6 is 0 Å². The molecule has 2 nitrogen and oxygen atoms in total. The van der Waals surface area contributed by atoms with Gasteiger partial charge in [-0.2, -0.15) is 8.78 Å². The third kappa shape index (κ3) is 4.36. The van der Waals surface area contributed by atoms with E-state index in [1.165, 1.54) is 0 Å². The Hall–Kier alpha value is -5.24. The average Bonchev–Trinajstić information content (AvgIpc) is 3.29. The van der Waals surface area contributed by atoms with Gasteiger partial charge < -0.3 is 9.31 Å². The Morgan fingerprint density at radius 1 is 0.440 bits per heavy atom. The molecule has 0 N–H and O–H groups in total. The van der Waals surface area contributed by atoms with Gasteiger partial charge in [0.1, 0.15) is 11.6 Å². The minimum Gasteiger partial charge on any atom is -0.521 e. The molecule has 260 valence electrons. The van der Waals surface area contributed by atoms with Crippen molar-refractivity contribution >= 4 is 34.5 Å². The molecule has 0 aliphatic heterocycles. The van der Waals surface area contributed by atoms with Gasteiger partial charge in [0, 0.05) is 10.9 Å². The zero-order chi connectivity index (χ0) is 37.0. The van der Waals surface area contributed by atoms with Crippen LogP contribution in [-0.2, 0) is 5.57 Å². The van der Waals surface area contributed by atoms with Gasteiger partial charge in [0.25, 0.3) is 5.57 Å². The number of allylic oxidation sites excluding steroid dienone is 1. The molecule has 1 aliphatic rings. The van der Waals surface area contributed by atoms with Gasteiger partial charge in [-0.05, 0) is 6.07 Å². The predicted octanol–water partition coefficient (Wildman–Crippen LogP) is 10.1. The van der Waals surface area contributed by atoms with Gasteiger partial charge in [0.2, 0.25) is 11.6 Å². The second kappa shape index (κ2) is 11.4. The van der Waals surface area contributed by atoms with E-state index in [2.05, 4.69) is 9.31 Å². The molecule has 0 amide bonds. The van der Waals surface area contributed by atoms with E-state index in [1.807, 2.05) is 0 Å². The monoisotopic (exact) mass is 736 g/mol. The summed E-state index contributed by atoms with van der Waals surface area (Å²) >= 11 is 0. The molecule has 5 aromatic carbocycles. The van der Waals surface area contributed by atoms with Gasteiger partial charge in [0.05, 0.1) is 21.7 Å². The van der Waals surface area contributed by atoms with E-state index in [4.69, 9.17) is 0 Å². The molecule has 0 saturated heterocycles. The fraction of sp³-hybridized carbons (Fsp3) is 0.0345. The number of alkyl halides is 1. The average molecular weight is 736 g/mol. The van der Waals surface area contributed by atoms with Crippen LogP contribution in [0.4, 0.5) is 79.0 Å². The number of benzene rings is 5. The van der Waals surface area contributed by atoms with Crippen molar-refractivity contribution in [3.63, 3.8) is 0 Å². The fourth-order valence-corrected chi connectivity index (χ4v) is 5.23. The number of hydrogen-bond acceptors (Lipinski definition) is 2. The highest BCUT2D eigenvalue weighted by Crippen LogP contribution is 2.54. The molecule has 0 fully saturated rings. The third-order valence-electron chi connectivity index (χ3n) is 7.50. The van der Waals surface area contributed by atoms with Crippen molar-refractivity contribution in [3.8, 4) is 11.5 Å². The molecule has 6 rings (SSSR count). The number of hydrogen-bond donors (Lipinski definition) is 0. The molecular formula is C29H3BF18O2. The van der Waals surface area contributed by atoms with Crippen LogP contribution in [0.1, 0.15) is 11.1 Å². The largest absolute Gasteiger partial charge is 0.647 e. The van der Waals surface area contributed by atoms with Crippen molar-refractivity contribution in [1.29, 1.82) is 0 Å². The van der Waals surface area contributed by atoms with Crippen LogP contribution in [0.5, 0.6) is 11.5 Å². The summed E-state index contributed by atoms with van der Waals surface area (Å²) in [6.45, 7) is 0. The highest BCUT2D eigenvalue weighted by atomic mass is 19.2.